The van der Waals surface area contributed by atoms with Crippen LogP contribution in [0, 0.1) is 18.8 Å². The number of aryl methyl sites for hydroxylation is 1. The van der Waals surface area contributed by atoms with Crippen LogP contribution < -0.4 is 4.74 Å². The lowest BCUT2D eigenvalue weighted by molar-refractivity contribution is -0.0910. The Hall–Kier alpha value is -2.09. The highest BCUT2D eigenvalue weighted by atomic mass is 35.5. The highest BCUT2D eigenvalue weighted by Crippen LogP contribution is 2.45. The van der Waals surface area contributed by atoms with Gasteiger partial charge in [0.05, 0.1) is 18.8 Å². The van der Waals surface area contributed by atoms with Gasteiger partial charge in [-0.2, -0.15) is 0 Å². The zero-order valence-corrected chi connectivity index (χ0v) is 16.1. The fourth-order valence-electron chi connectivity index (χ4n) is 4.18. The molecule has 28 heavy (non-hydrogen) atoms. The fourth-order valence-corrected chi connectivity index (χ4v) is 4.29. The van der Waals surface area contributed by atoms with Crippen molar-refractivity contribution in [3.8, 4) is 5.75 Å². The maximum Gasteiger partial charge on any atom is 0.357 e. The van der Waals surface area contributed by atoms with E-state index in [1.165, 1.54) is 0 Å². The van der Waals surface area contributed by atoms with Gasteiger partial charge >= 0.3 is 5.97 Å². The second kappa shape index (κ2) is 7.73. The third-order valence-corrected chi connectivity index (χ3v) is 6.11. The maximum absolute atomic E-state index is 11.0. The van der Waals surface area contributed by atoms with Crippen LogP contribution in [0.3, 0.4) is 0 Å². The van der Waals surface area contributed by atoms with Crippen molar-refractivity contribution >= 4 is 17.6 Å². The molecule has 2 aromatic rings. The molecule has 1 aliphatic heterocycles. The minimum atomic E-state index is -1.13. The van der Waals surface area contributed by atoms with Crippen molar-refractivity contribution in [2.45, 2.75) is 44.5 Å². The van der Waals surface area contributed by atoms with Crippen molar-refractivity contribution in [1.82, 2.24) is 4.98 Å². The van der Waals surface area contributed by atoms with E-state index in [1.807, 2.05) is 19.1 Å². The second-order valence-corrected chi connectivity index (χ2v) is 7.88. The number of fused-ring (bicyclic) bond motifs is 1. The Morgan fingerprint density at radius 3 is 2.93 bits per heavy atom. The van der Waals surface area contributed by atoms with Crippen LogP contribution in [0.4, 0.5) is 0 Å². The van der Waals surface area contributed by atoms with E-state index in [9.17, 15) is 9.90 Å². The van der Waals surface area contributed by atoms with Gasteiger partial charge in [0.25, 0.3) is 0 Å². The van der Waals surface area contributed by atoms with Gasteiger partial charge in [0.1, 0.15) is 18.1 Å². The van der Waals surface area contributed by atoms with E-state index in [0.717, 1.165) is 24.0 Å². The van der Waals surface area contributed by atoms with Crippen molar-refractivity contribution in [2.75, 3.05) is 6.61 Å². The van der Waals surface area contributed by atoms with E-state index in [-0.39, 0.29) is 35.6 Å². The first-order valence-corrected chi connectivity index (χ1v) is 9.71. The summed E-state index contributed by atoms with van der Waals surface area (Å²) in [6, 6.07) is 5.51. The van der Waals surface area contributed by atoms with Crippen molar-refractivity contribution in [2.24, 2.45) is 11.8 Å². The molecule has 4 rings (SSSR count). The topological polar surface area (TPSA) is 102 Å². The Morgan fingerprint density at radius 1 is 1.39 bits per heavy atom. The third-order valence-electron chi connectivity index (χ3n) is 5.69. The summed E-state index contributed by atoms with van der Waals surface area (Å²) in [5.41, 5.74) is 0.816. The Balaban J connectivity index is 1.39. The van der Waals surface area contributed by atoms with E-state index in [1.54, 1.807) is 6.07 Å². The quantitative estimate of drug-likeness (QED) is 0.780. The number of aromatic carboxylic acids is 1. The van der Waals surface area contributed by atoms with E-state index >= 15 is 0 Å². The number of hydrogen-bond acceptors (Lipinski definition) is 6. The third kappa shape index (κ3) is 3.74. The van der Waals surface area contributed by atoms with Crippen LogP contribution in [0.1, 0.15) is 47.3 Å². The summed E-state index contributed by atoms with van der Waals surface area (Å²) in [6.07, 6.45) is 2.09. The summed E-state index contributed by atoms with van der Waals surface area (Å²) in [7, 11) is 0. The van der Waals surface area contributed by atoms with Gasteiger partial charge in [0, 0.05) is 17.4 Å². The molecule has 1 saturated heterocycles. The van der Waals surface area contributed by atoms with Gasteiger partial charge in [-0.25, -0.2) is 9.78 Å². The molecule has 0 unspecified atom stereocenters. The molecule has 8 heteroatoms. The molecule has 2 aliphatic rings. The summed E-state index contributed by atoms with van der Waals surface area (Å²) in [5, 5.41) is 20.2. The lowest BCUT2D eigenvalue weighted by Crippen LogP contribution is -2.33. The zero-order valence-electron chi connectivity index (χ0n) is 15.4. The van der Waals surface area contributed by atoms with Crippen molar-refractivity contribution in [3.05, 3.63) is 46.6 Å². The zero-order chi connectivity index (χ0) is 19.8. The summed E-state index contributed by atoms with van der Waals surface area (Å²) >= 11 is 6.05. The number of ether oxygens (including phenoxy) is 2. The van der Waals surface area contributed by atoms with Gasteiger partial charge in [0.15, 0.2) is 5.69 Å². The van der Waals surface area contributed by atoms with Gasteiger partial charge < -0.3 is 24.1 Å². The normalized spacial score (nSPS) is 29.5. The highest BCUT2D eigenvalue weighted by Gasteiger charge is 2.47. The molecule has 1 aromatic heterocycles. The number of aliphatic hydroxyl groups excluding tert-OH is 1. The van der Waals surface area contributed by atoms with E-state index in [2.05, 4.69) is 4.98 Å². The molecule has 0 bridgehead atoms. The number of rotatable bonds is 5. The van der Waals surface area contributed by atoms with Gasteiger partial charge in [-0.05, 0) is 49.4 Å². The standard InChI is InChI=1S/C20H22ClNO6/c1-10-6-11(2-4-14(10)21)26-8-13-12-3-5-17(28-18(12)7-16(13)23)19-22-15(9-27-19)20(24)25/h2,4,6,9,12-13,16-18,23H,3,5,7-8H2,1H3,(H,24,25)/t12-,13-,16-,17-,18+/m1/s1. The molecule has 0 spiro atoms. The summed E-state index contributed by atoms with van der Waals surface area (Å²) in [6.45, 7) is 2.32. The van der Waals surface area contributed by atoms with Gasteiger partial charge in [0.2, 0.25) is 5.89 Å². The average molecular weight is 408 g/mol. The van der Waals surface area contributed by atoms with Crippen molar-refractivity contribution in [3.63, 3.8) is 0 Å². The van der Waals surface area contributed by atoms with Crippen LogP contribution in [0.2, 0.25) is 5.02 Å². The molecule has 150 valence electrons. The largest absolute Gasteiger partial charge is 0.493 e. The van der Waals surface area contributed by atoms with Crippen molar-refractivity contribution in [1.29, 1.82) is 0 Å². The van der Waals surface area contributed by atoms with Crippen LogP contribution in [-0.2, 0) is 4.74 Å². The first-order valence-electron chi connectivity index (χ1n) is 9.33. The fraction of sp³-hybridized carbons (Fsp3) is 0.500. The predicted octanol–water partition coefficient (Wildman–Crippen LogP) is 3.63. The molecular formula is C20H22ClNO6. The molecule has 2 fully saturated rings. The Kier molecular flexibility index (Phi) is 5.31. The van der Waals surface area contributed by atoms with Crippen LogP contribution in [0.15, 0.2) is 28.9 Å². The minimum absolute atomic E-state index is 0.0268. The minimum Gasteiger partial charge on any atom is -0.493 e. The number of oxazole rings is 1. The molecule has 1 aromatic carbocycles. The number of hydrogen-bond donors (Lipinski definition) is 2. The van der Waals surface area contributed by atoms with Gasteiger partial charge in [-0.15, -0.1) is 0 Å². The van der Waals surface area contributed by atoms with E-state index < -0.39 is 12.1 Å². The van der Waals surface area contributed by atoms with Crippen LogP contribution in [0.5, 0.6) is 5.75 Å². The molecule has 0 amide bonds. The number of carboxylic acid groups (broad SMARTS) is 1. The van der Waals surface area contributed by atoms with E-state index in [0.29, 0.717) is 24.5 Å². The average Bonchev–Trinajstić information content (AvgIpc) is 3.27. The number of benzene rings is 1. The summed E-state index contributed by atoms with van der Waals surface area (Å²) in [4.78, 5) is 15.0. The molecule has 1 saturated carbocycles. The molecular weight excluding hydrogens is 386 g/mol. The summed E-state index contributed by atoms with van der Waals surface area (Å²) < 4.78 is 17.3. The monoisotopic (exact) mass is 407 g/mol. The van der Waals surface area contributed by atoms with Crippen LogP contribution in [-0.4, -0.2) is 40.0 Å². The number of halogens is 1. The first kappa shape index (κ1) is 19.2. The molecule has 2 N–H and O–H groups in total. The smallest absolute Gasteiger partial charge is 0.357 e. The van der Waals surface area contributed by atoms with Crippen LogP contribution >= 0.6 is 11.6 Å². The second-order valence-electron chi connectivity index (χ2n) is 7.47. The highest BCUT2D eigenvalue weighted by molar-refractivity contribution is 6.31. The number of carbonyl (C=O) groups is 1. The first-order chi connectivity index (χ1) is 13.4. The number of nitrogens with zero attached hydrogens (tertiary/aromatic N) is 1. The SMILES string of the molecule is Cc1cc(OC[C@@H]2[C@H]3CC[C@H](c4nc(C(=O)O)co4)O[C@H]3C[C@H]2O)ccc1Cl. The molecule has 5 atom stereocenters. The number of aromatic nitrogens is 1. The number of carboxylic acids is 1. The van der Waals surface area contributed by atoms with Crippen LogP contribution in [0.25, 0.3) is 0 Å². The Labute approximate surface area is 167 Å². The van der Waals surface area contributed by atoms with Gasteiger partial charge in [-0.3, -0.25) is 0 Å². The lowest BCUT2D eigenvalue weighted by atomic mass is 9.87. The summed E-state index contributed by atoms with van der Waals surface area (Å²) in [5.74, 6) is 0.0269. The molecule has 2 heterocycles. The Morgan fingerprint density at radius 2 is 2.21 bits per heavy atom. The Bertz CT molecular complexity index is 868. The maximum atomic E-state index is 11.0. The molecule has 1 aliphatic carbocycles. The number of aliphatic hydroxyl groups is 1. The van der Waals surface area contributed by atoms with Crippen molar-refractivity contribution < 1.29 is 28.9 Å². The molecule has 7 nitrogen and oxygen atoms in total. The predicted molar refractivity (Wildman–Crippen MR) is 99.6 cm³/mol. The van der Waals surface area contributed by atoms with E-state index in [4.69, 9.17) is 30.6 Å². The lowest BCUT2D eigenvalue weighted by Gasteiger charge is -2.33. The molecule has 0 radical (unpaired) electrons. The van der Waals surface area contributed by atoms with Gasteiger partial charge in [-0.1, -0.05) is 11.6 Å².